The summed E-state index contributed by atoms with van der Waals surface area (Å²) < 4.78 is 27.7. The summed E-state index contributed by atoms with van der Waals surface area (Å²) in [5.74, 6) is -1.03. The fraction of sp³-hybridized carbons (Fsp3) is 0.357. The van der Waals surface area contributed by atoms with Crippen molar-refractivity contribution in [1.29, 1.82) is 0 Å². The highest BCUT2D eigenvalue weighted by Crippen LogP contribution is 2.11. The number of rotatable bonds is 7. The van der Waals surface area contributed by atoms with Crippen molar-refractivity contribution >= 4 is 22.3 Å². The zero-order valence-electron chi connectivity index (χ0n) is 12.3. The van der Waals surface area contributed by atoms with Gasteiger partial charge in [0.1, 0.15) is 0 Å². The first-order chi connectivity index (χ1) is 9.70. The van der Waals surface area contributed by atoms with Crippen molar-refractivity contribution in [2.45, 2.75) is 26.4 Å². The van der Waals surface area contributed by atoms with Gasteiger partial charge in [0, 0.05) is 25.7 Å². The lowest BCUT2D eigenvalue weighted by Gasteiger charge is -2.19. The predicted molar refractivity (Wildman–Crippen MR) is 81.8 cm³/mol. The number of aliphatic carboxylic acids is 1. The maximum absolute atomic E-state index is 12.0. The summed E-state index contributed by atoms with van der Waals surface area (Å²) in [6, 6.07) is 6.87. The molecule has 0 aliphatic heterocycles. The number of carbonyl (C=O) groups is 1. The van der Waals surface area contributed by atoms with Gasteiger partial charge in [-0.25, -0.2) is 4.79 Å². The van der Waals surface area contributed by atoms with Crippen LogP contribution in [0.5, 0.6) is 0 Å². The van der Waals surface area contributed by atoms with Gasteiger partial charge < -0.3 is 5.11 Å². The fourth-order valence-electron chi connectivity index (χ4n) is 1.69. The Morgan fingerprint density at radius 3 is 2.67 bits per heavy atom. The molecule has 0 aliphatic carbocycles. The molecule has 0 spiro atoms. The molecule has 6 nitrogen and oxygen atoms in total. The Morgan fingerprint density at radius 1 is 1.43 bits per heavy atom. The molecule has 21 heavy (non-hydrogen) atoms. The van der Waals surface area contributed by atoms with E-state index in [4.69, 9.17) is 5.11 Å². The van der Waals surface area contributed by atoms with Gasteiger partial charge in [0.2, 0.25) is 0 Å². The van der Waals surface area contributed by atoms with Crippen LogP contribution >= 0.6 is 0 Å². The Bertz CT molecular complexity index is 624. The maximum Gasteiger partial charge on any atom is 0.328 e. The summed E-state index contributed by atoms with van der Waals surface area (Å²) in [5, 5.41) is 8.60. The molecule has 116 valence electrons. The normalized spacial score (nSPS) is 12.4. The second-order valence-electron chi connectivity index (χ2n) is 4.95. The molecule has 0 unspecified atom stereocenters. The molecule has 0 heterocycles. The first-order valence-corrected chi connectivity index (χ1v) is 7.88. The van der Waals surface area contributed by atoms with Gasteiger partial charge in [0.15, 0.2) is 0 Å². The number of carboxylic acids is 1. The van der Waals surface area contributed by atoms with Gasteiger partial charge in [-0.2, -0.15) is 17.4 Å². The summed E-state index contributed by atoms with van der Waals surface area (Å²) in [4.78, 5) is 10.5. The third kappa shape index (κ3) is 6.07. The fourth-order valence-corrected chi connectivity index (χ4v) is 2.79. The van der Waals surface area contributed by atoms with Crippen LogP contribution in [0, 0.1) is 0 Å². The molecule has 0 aliphatic rings. The standard InChI is InChI=1S/C14H20N2O4S/c1-11(2)15-21(19,20)16(3)10-13-6-4-5-12(9-13)7-8-14(17)18/h4-9,11,15H,10H2,1-3H3,(H,17,18)/b8-7+. The third-order valence-electron chi connectivity index (χ3n) is 2.57. The molecular weight excluding hydrogens is 292 g/mol. The van der Waals surface area contributed by atoms with E-state index < -0.39 is 16.2 Å². The Balaban J connectivity index is 2.84. The van der Waals surface area contributed by atoms with E-state index in [1.165, 1.54) is 17.4 Å². The molecule has 1 aromatic rings. The van der Waals surface area contributed by atoms with E-state index in [-0.39, 0.29) is 12.6 Å². The van der Waals surface area contributed by atoms with Crippen molar-refractivity contribution in [2.75, 3.05) is 7.05 Å². The van der Waals surface area contributed by atoms with E-state index in [1.54, 1.807) is 38.1 Å². The zero-order chi connectivity index (χ0) is 16.0. The van der Waals surface area contributed by atoms with Crippen molar-refractivity contribution in [2.24, 2.45) is 0 Å². The smallest absolute Gasteiger partial charge is 0.328 e. The molecule has 2 N–H and O–H groups in total. The van der Waals surface area contributed by atoms with Gasteiger partial charge in [0.05, 0.1) is 0 Å². The summed E-state index contributed by atoms with van der Waals surface area (Å²) in [5.41, 5.74) is 1.48. The summed E-state index contributed by atoms with van der Waals surface area (Å²) >= 11 is 0. The highest BCUT2D eigenvalue weighted by atomic mass is 32.2. The Morgan fingerprint density at radius 2 is 2.10 bits per heavy atom. The predicted octanol–water partition coefficient (Wildman–Crippen LogP) is 1.46. The average Bonchev–Trinajstić information content (AvgIpc) is 2.35. The molecule has 0 radical (unpaired) electrons. The van der Waals surface area contributed by atoms with Crippen LogP contribution in [0.3, 0.4) is 0 Å². The van der Waals surface area contributed by atoms with Crippen molar-refractivity contribution in [3.63, 3.8) is 0 Å². The molecule has 0 amide bonds. The SMILES string of the molecule is CC(C)NS(=O)(=O)N(C)Cc1cccc(/C=C/C(=O)O)c1. The summed E-state index contributed by atoms with van der Waals surface area (Å²) in [6.07, 6.45) is 2.51. The van der Waals surface area contributed by atoms with Crippen molar-refractivity contribution in [3.8, 4) is 0 Å². The third-order valence-corrected chi connectivity index (χ3v) is 4.29. The molecule has 1 aromatic carbocycles. The number of nitrogens with one attached hydrogen (secondary N) is 1. The first-order valence-electron chi connectivity index (χ1n) is 6.44. The minimum absolute atomic E-state index is 0.178. The lowest BCUT2D eigenvalue weighted by Crippen LogP contribution is -2.41. The molecular formula is C14H20N2O4S. The largest absolute Gasteiger partial charge is 0.478 e. The highest BCUT2D eigenvalue weighted by Gasteiger charge is 2.18. The van der Waals surface area contributed by atoms with Gasteiger partial charge in [-0.15, -0.1) is 0 Å². The number of carboxylic acid groups (broad SMARTS) is 1. The van der Waals surface area contributed by atoms with E-state index in [9.17, 15) is 13.2 Å². The molecule has 0 aromatic heterocycles. The second-order valence-corrected chi connectivity index (χ2v) is 6.76. The monoisotopic (exact) mass is 312 g/mol. The van der Waals surface area contributed by atoms with Crippen LogP contribution in [0.2, 0.25) is 0 Å². The van der Waals surface area contributed by atoms with E-state index in [0.29, 0.717) is 5.56 Å². The first kappa shape index (κ1) is 17.4. The highest BCUT2D eigenvalue weighted by molar-refractivity contribution is 7.87. The van der Waals surface area contributed by atoms with Crippen LogP contribution in [0.25, 0.3) is 6.08 Å². The molecule has 0 saturated heterocycles. The molecule has 0 fully saturated rings. The van der Waals surface area contributed by atoms with Gasteiger partial charge in [-0.3, -0.25) is 0 Å². The van der Waals surface area contributed by atoms with Crippen LogP contribution in [0.1, 0.15) is 25.0 Å². The topological polar surface area (TPSA) is 86.7 Å². The molecule has 7 heteroatoms. The van der Waals surface area contributed by atoms with Crippen LogP contribution in [-0.4, -0.2) is 36.9 Å². The van der Waals surface area contributed by atoms with Crippen LogP contribution in [-0.2, 0) is 21.5 Å². The zero-order valence-corrected chi connectivity index (χ0v) is 13.1. The Hall–Kier alpha value is -1.70. The number of benzene rings is 1. The van der Waals surface area contributed by atoms with Crippen molar-refractivity contribution in [1.82, 2.24) is 9.03 Å². The van der Waals surface area contributed by atoms with Crippen LogP contribution in [0.15, 0.2) is 30.3 Å². The Labute approximate surface area is 125 Å². The van der Waals surface area contributed by atoms with Gasteiger partial charge in [-0.05, 0) is 31.1 Å². The lowest BCUT2D eigenvalue weighted by atomic mass is 10.1. The van der Waals surface area contributed by atoms with E-state index in [1.807, 2.05) is 0 Å². The minimum Gasteiger partial charge on any atom is -0.478 e. The quantitative estimate of drug-likeness (QED) is 0.746. The number of nitrogens with zero attached hydrogens (tertiary/aromatic N) is 1. The second kappa shape index (κ2) is 7.35. The number of hydrogen-bond acceptors (Lipinski definition) is 3. The number of hydrogen-bond donors (Lipinski definition) is 2. The molecule has 0 atom stereocenters. The lowest BCUT2D eigenvalue weighted by molar-refractivity contribution is -0.131. The van der Waals surface area contributed by atoms with Gasteiger partial charge >= 0.3 is 5.97 Å². The minimum atomic E-state index is -3.53. The van der Waals surface area contributed by atoms with E-state index in [0.717, 1.165) is 11.6 Å². The van der Waals surface area contributed by atoms with Gasteiger partial charge in [0.25, 0.3) is 10.2 Å². The summed E-state index contributed by atoms with van der Waals surface area (Å²) in [7, 11) is -2.03. The van der Waals surface area contributed by atoms with Crippen molar-refractivity contribution in [3.05, 3.63) is 41.5 Å². The molecule has 1 rings (SSSR count). The molecule has 0 bridgehead atoms. The van der Waals surface area contributed by atoms with Crippen LogP contribution < -0.4 is 4.72 Å². The summed E-state index contributed by atoms with van der Waals surface area (Å²) in [6.45, 7) is 3.71. The Kier molecular flexibility index (Phi) is 6.07. The van der Waals surface area contributed by atoms with Crippen molar-refractivity contribution < 1.29 is 18.3 Å². The van der Waals surface area contributed by atoms with E-state index >= 15 is 0 Å². The van der Waals surface area contributed by atoms with Gasteiger partial charge in [-0.1, -0.05) is 24.3 Å². The van der Waals surface area contributed by atoms with E-state index in [2.05, 4.69) is 4.72 Å². The maximum atomic E-state index is 12.0. The average molecular weight is 312 g/mol. The molecule has 0 saturated carbocycles. The van der Waals surface area contributed by atoms with Crippen LogP contribution in [0.4, 0.5) is 0 Å².